The Labute approximate surface area is 103 Å². The molecule has 2 rings (SSSR count). The SMILES string of the molecule is Cc1cn([C@@H]2C[C@@H](O)[C@H](CO)O2)c(=O)n(C)c1=O. The second-order valence-corrected chi connectivity index (χ2v) is 4.48. The van der Waals surface area contributed by atoms with Gasteiger partial charge in [-0.3, -0.25) is 13.9 Å². The summed E-state index contributed by atoms with van der Waals surface area (Å²) in [5.74, 6) is 0. The van der Waals surface area contributed by atoms with Crippen LogP contribution >= 0.6 is 0 Å². The molecule has 1 aliphatic heterocycles. The van der Waals surface area contributed by atoms with E-state index in [4.69, 9.17) is 9.84 Å². The number of rotatable bonds is 2. The largest absolute Gasteiger partial charge is 0.394 e. The molecule has 1 saturated heterocycles. The van der Waals surface area contributed by atoms with Gasteiger partial charge in [0, 0.05) is 25.2 Å². The summed E-state index contributed by atoms with van der Waals surface area (Å²) in [7, 11) is 1.39. The Kier molecular flexibility index (Phi) is 3.38. The Bertz CT molecular complexity index is 562. The molecule has 18 heavy (non-hydrogen) atoms. The number of aromatic nitrogens is 2. The van der Waals surface area contributed by atoms with Crippen LogP contribution in [-0.2, 0) is 11.8 Å². The average molecular weight is 256 g/mol. The molecular weight excluding hydrogens is 240 g/mol. The highest BCUT2D eigenvalue weighted by Crippen LogP contribution is 2.27. The summed E-state index contributed by atoms with van der Waals surface area (Å²) in [5, 5.41) is 18.6. The fourth-order valence-corrected chi connectivity index (χ4v) is 2.10. The minimum absolute atomic E-state index is 0.211. The van der Waals surface area contributed by atoms with Crippen molar-refractivity contribution in [2.24, 2.45) is 7.05 Å². The lowest BCUT2D eigenvalue weighted by molar-refractivity contribution is -0.0463. The summed E-state index contributed by atoms with van der Waals surface area (Å²) in [6.07, 6.45) is -0.538. The molecule has 1 aromatic heterocycles. The zero-order chi connectivity index (χ0) is 13.4. The Morgan fingerprint density at radius 2 is 2.17 bits per heavy atom. The van der Waals surface area contributed by atoms with Gasteiger partial charge >= 0.3 is 5.69 Å². The molecule has 2 heterocycles. The number of hydrogen-bond donors (Lipinski definition) is 2. The fraction of sp³-hybridized carbons (Fsp3) is 0.636. The third-order valence-electron chi connectivity index (χ3n) is 3.18. The summed E-state index contributed by atoms with van der Waals surface area (Å²) in [5.41, 5.74) is -0.433. The van der Waals surface area contributed by atoms with Crippen LogP contribution in [-0.4, -0.2) is 38.2 Å². The third kappa shape index (κ3) is 2.00. The van der Waals surface area contributed by atoms with Crippen molar-refractivity contribution in [3.63, 3.8) is 0 Å². The predicted octanol–water partition coefficient (Wildman–Crippen LogP) is -1.50. The van der Waals surface area contributed by atoms with Crippen molar-refractivity contribution in [1.29, 1.82) is 0 Å². The van der Waals surface area contributed by atoms with Crippen LogP contribution in [0.5, 0.6) is 0 Å². The van der Waals surface area contributed by atoms with E-state index in [9.17, 15) is 14.7 Å². The van der Waals surface area contributed by atoms with Crippen molar-refractivity contribution >= 4 is 0 Å². The Morgan fingerprint density at radius 1 is 1.50 bits per heavy atom. The Balaban J connectivity index is 2.42. The first-order valence-corrected chi connectivity index (χ1v) is 5.69. The van der Waals surface area contributed by atoms with Gasteiger partial charge in [-0.1, -0.05) is 0 Å². The van der Waals surface area contributed by atoms with Crippen molar-refractivity contribution in [3.8, 4) is 0 Å². The van der Waals surface area contributed by atoms with E-state index in [1.54, 1.807) is 6.92 Å². The van der Waals surface area contributed by atoms with Crippen molar-refractivity contribution in [2.45, 2.75) is 31.8 Å². The average Bonchev–Trinajstić information content (AvgIpc) is 2.72. The number of aliphatic hydroxyl groups is 2. The lowest BCUT2D eigenvalue weighted by Crippen LogP contribution is -2.40. The van der Waals surface area contributed by atoms with Gasteiger partial charge in [-0.25, -0.2) is 4.79 Å². The summed E-state index contributed by atoms with van der Waals surface area (Å²) in [4.78, 5) is 23.5. The topological polar surface area (TPSA) is 93.7 Å². The number of hydrogen-bond acceptors (Lipinski definition) is 5. The molecule has 7 nitrogen and oxygen atoms in total. The minimum Gasteiger partial charge on any atom is -0.394 e. The molecule has 2 N–H and O–H groups in total. The molecule has 0 radical (unpaired) electrons. The van der Waals surface area contributed by atoms with Crippen LogP contribution < -0.4 is 11.2 Å². The van der Waals surface area contributed by atoms with Gasteiger partial charge in [0.1, 0.15) is 12.3 Å². The molecule has 0 unspecified atom stereocenters. The van der Waals surface area contributed by atoms with E-state index in [1.165, 1.54) is 17.8 Å². The maximum Gasteiger partial charge on any atom is 0.332 e. The summed E-state index contributed by atoms with van der Waals surface area (Å²) in [6, 6.07) is 0. The fourth-order valence-electron chi connectivity index (χ4n) is 2.10. The van der Waals surface area contributed by atoms with Gasteiger partial charge in [0.2, 0.25) is 0 Å². The molecule has 1 aliphatic rings. The van der Waals surface area contributed by atoms with Crippen molar-refractivity contribution in [2.75, 3.05) is 6.61 Å². The highest BCUT2D eigenvalue weighted by Gasteiger charge is 2.35. The lowest BCUT2D eigenvalue weighted by atomic mass is 10.2. The number of aryl methyl sites for hydroxylation is 1. The molecule has 7 heteroatoms. The van der Waals surface area contributed by atoms with Gasteiger partial charge in [0.25, 0.3) is 5.56 Å². The summed E-state index contributed by atoms with van der Waals surface area (Å²) >= 11 is 0. The van der Waals surface area contributed by atoms with Crippen molar-refractivity contribution in [1.82, 2.24) is 9.13 Å². The maximum atomic E-state index is 11.9. The minimum atomic E-state index is -0.815. The van der Waals surface area contributed by atoms with Crippen LogP contribution in [0.4, 0.5) is 0 Å². The van der Waals surface area contributed by atoms with Crippen LogP contribution in [0.25, 0.3) is 0 Å². The van der Waals surface area contributed by atoms with Crippen LogP contribution in [0.1, 0.15) is 18.2 Å². The van der Waals surface area contributed by atoms with Gasteiger partial charge in [-0.2, -0.15) is 0 Å². The first-order valence-electron chi connectivity index (χ1n) is 5.69. The van der Waals surface area contributed by atoms with Crippen molar-refractivity contribution < 1.29 is 14.9 Å². The summed E-state index contributed by atoms with van der Waals surface area (Å²) in [6.45, 7) is 1.30. The van der Waals surface area contributed by atoms with E-state index < -0.39 is 24.1 Å². The quantitative estimate of drug-likeness (QED) is 0.671. The van der Waals surface area contributed by atoms with Crippen molar-refractivity contribution in [3.05, 3.63) is 32.6 Å². The van der Waals surface area contributed by atoms with Gasteiger partial charge < -0.3 is 14.9 Å². The van der Waals surface area contributed by atoms with Crippen LogP contribution in [0.15, 0.2) is 15.8 Å². The maximum absolute atomic E-state index is 11.9. The molecule has 0 amide bonds. The second-order valence-electron chi connectivity index (χ2n) is 4.48. The molecule has 0 spiro atoms. The smallest absolute Gasteiger partial charge is 0.332 e. The molecule has 0 aliphatic carbocycles. The van der Waals surface area contributed by atoms with E-state index in [2.05, 4.69) is 0 Å². The number of nitrogens with zero attached hydrogens (tertiary/aromatic N) is 2. The lowest BCUT2D eigenvalue weighted by Gasteiger charge is -2.16. The van der Waals surface area contributed by atoms with Gasteiger partial charge in [-0.05, 0) is 6.92 Å². The van der Waals surface area contributed by atoms with Crippen LogP contribution in [0.2, 0.25) is 0 Å². The molecular formula is C11H16N2O5. The Morgan fingerprint density at radius 3 is 2.72 bits per heavy atom. The number of ether oxygens (including phenoxy) is 1. The van der Waals surface area contributed by atoms with Gasteiger partial charge in [0.15, 0.2) is 0 Å². The predicted molar refractivity (Wildman–Crippen MR) is 62.3 cm³/mol. The van der Waals surface area contributed by atoms with E-state index in [0.717, 1.165) is 4.57 Å². The standard InChI is InChI=1S/C11H16N2O5/c1-6-4-13(11(17)12(2)10(6)16)9-3-7(15)8(5-14)18-9/h4,7-9,14-15H,3,5H2,1-2H3/t7-,8+,9+/m1/s1. The van der Waals surface area contributed by atoms with E-state index in [1.807, 2.05) is 0 Å². The third-order valence-corrected chi connectivity index (χ3v) is 3.18. The monoisotopic (exact) mass is 256 g/mol. The van der Waals surface area contributed by atoms with E-state index in [-0.39, 0.29) is 18.6 Å². The highest BCUT2D eigenvalue weighted by atomic mass is 16.5. The highest BCUT2D eigenvalue weighted by molar-refractivity contribution is 5.03. The van der Waals surface area contributed by atoms with Gasteiger partial charge in [0.05, 0.1) is 12.7 Å². The zero-order valence-electron chi connectivity index (χ0n) is 10.2. The van der Waals surface area contributed by atoms with E-state index in [0.29, 0.717) is 5.56 Å². The summed E-state index contributed by atoms with van der Waals surface area (Å²) < 4.78 is 7.66. The van der Waals surface area contributed by atoms with Crippen LogP contribution in [0.3, 0.4) is 0 Å². The molecule has 0 bridgehead atoms. The molecule has 3 atom stereocenters. The zero-order valence-corrected chi connectivity index (χ0v) is 10.2. The normalized spacial score (nSPS) is 27.7. The molecule has 0 aromatic carbocycles. The van der Waals surface area contributed by atoms with Gasteiger partial charge in [-0.15, -0.1) is 0 Å². The molecule has 0 saturated carbocycles. The first kappa shape index (κ1) is 13.0. The van der Waals surface area contributed by atoms with E-state index >= 15 is 0 Å². The second kappa shape index (κ2) is 4.68. The molecule has 100 valence electrons. The molecule has 1 aromatic rings. The van der Waals surface area contributed by atoms with Crippen LogP contribution in [0, 0.1) is 6.92 Å². The Hall–Kier alpha value is -1.44. The molecule has 1 fully saturated rings. The first-order chi connectivity index (χ1) is 8.45. The number of aliphatic hydroxyl groups excluding tert-OH is 2.